The second-order valence-electron chi connectivity index (χ2n) is 4.53. The number of rotatable bonds is 2. The Balaban J connectivity index is 2.11. The fourth-order valence-electron chi connectivity index (χ4n) is 2.07. The highest BCUT2D eigenvalue weighted by atomic mass is 19.3. The summed E-state index contributed by atoms with van der Waals surface area (Å²) in [5.74, 6) is -2.75. The summed E-state index contributed by atoms with van der Waals surface area (Å²) >= 11 is 0. The quantitative estimate of drug-likeness (QED) is 0.854. The normalized spacial score (nSPS) is 17.9. The molecule has 2 nitrogen and oxygen atoms in total. The second kappa shape index (κ2) is 5.00. The molecule has 1 aromatic rings. The van der Waals surface area contributed by atoms with Crippen LogP contribution in [0.25, 0.3) is 0 Å². The zero-order valence-corrected chi connectivity index (χ0v) is 10.0. The van der Waals surface area contributed by atoms with Crippen molar-refractivity contribution in [1.29, 1.82) is 0 Å². The van der Waals surface area contributed by atoms with Gasteiger partial charge in [-0.3, -0.25) is 0 Å². The molecule has 1 heterocycles. The Labute approximate surface area is 101 Å². The molecular formula is C13H18F2N2. The maximum Gasteiger partial charge on any atom is 0.270 e. The van der Waals surface area contributed by atoms with E-state index in [1.165, 1.54) is 12.1 Å². The molecule has 0 aromatic heterocycles. The number of benzene rings is 1. The molecule has 0 spiro atoms. The van der Waals surface area contributed by atoms with Crippen molar-refractivity contribution < 1.29 is 8.78 Å². The molecule has 2 rings (SSSR count). The molecule has 1 aliphatic rings. The van der Waals surface area contributed by atoms with Crippen LogP contribution in [0.5, 0.6) is 0 Å². The predicted octanol–water partition coefficient (Wildman–Crippen LogP) is 2.60. The van der Waals surface area contributed by atoms with Crippen molar-refractivity contribution in [3.63, 3.8) is 0 Å². The minimum atomic E-state index is -2.75. The van der Waals surface area contributed by atoms with E-state index < -0.39 is 5.92 Å². The van der Waals surface area contributed by atoms with Crippen molar-refractivity contribution in [2.24, 2.45) is 0 Å². The van der Waals surface area contributed by atoms with Crippen LogP contribution in [0.2, 0.25) is 0 Å². The van der Waals surface area contributed by atoms with Crippen LogP contribution in [0.4, 0.5) is 14.5 Å². The van der Waals surface area contributed by atoms with Gasteiger partial charge in [0.2, 0.25) is 0 Å². The van der Waals surface area contributed by atoms with Gasteiger partial charge in [-0.25, -0.2) is 8.78 Å². The summed E-state index contributed by atoms with van der Waals surface area (Å²) in [5.41, 5.74) is 1.11. The summed E-state index contributed by atoms with van der Waals surface area (Å²) in [6.45, 7) is 4.82. The number of alkyl halides is 2. The first-order chi connectivity index (χ1) is 8.07. The van der Waals surface area contributed by atoms with Crippen LogP contribution in [-0.2, 0) is 5.92 Å². The highest BCUT2D eigenvalue weighted by molar-refractivity contribution is 5.48. The summed E-state index contributed by atoms with van der Waals surface area (Å²) in [7, 11) is 0. The van der Waals surface area contributed by atoms with Crippen LogP contribution in [0.3, 0.4) is 0 Å². The molecule has 1 aromatic carbocycles. The lowest BCUT2D eigenvalue weighted by Gasteiger charge is -2.23. The second-order valence-corrected chi connectivity index (χ2v) is 4.53. The Morgan fingerprint density at radius 1 is 1.12 bits per heavy atom. The highest BCUT2D eigenvalue weighted by Crippen LogP contribution is 2.28. The smallest absolute Gasteiger partial charge is 0.270 e. The minimum absolute atomic E-state index is 0.0780. The van der Waals surface area contributed by atoms with Gasteiger partial charge in [0.15, 0.2) is 0 Å². The van der Waals surface area contributed by atoms with Gasteiger partial charge in [0.1, 0.15) is 0 Å². The molecule has 17 heavy (non-hydrogen) atoms. The average Bonchev–Trinajstić information content (AvgIpc) is 2.56. The van der Waals surface area contributed by atoms with Crippen molar-refractivity contribution in [1.82, 2.24) is 5.32 Å². The van der Waals surface area contributed by atoms with Gasteiger partial charge in [0.25, 0.3) is 5.92 Å². The van der Waals surface area contributed by atoms with Crippen molar-refractivity contribution in [2.45, 2.75) is 19.3 Å². The Hall–Kier alpha value is -1.16. The van der Waals surface area contributed by atoms with E-state index in [1.54, 1.807) is 12.1 Å². The third-order valence-electron chi connectivity index (χ3n) is 3.08. The first-order valence-corrected chi connectivity index (χ1v) is 6.01. The topological polar surface area (TPSA) is 15.3 Å². The van der Waals surface area contributed by atoms with Crippen molar-refractivity contribution in [3.8, 4) is 0 Å². The van der Waals surface area contributed by atoms with Gasteiger partial charge in [-0.2, -0.15) is 0 Å². The van der Waals surface area contributed by atoms with E-state index in [-0.39, 0.29) is 5.56 Å². The molecular weight excluding hydrogens is 222 g/mol. The zero-order valence-electron chi connectivity index (χ0n) is 10.0. The van der Waals surface area contributed by atoms with Crippen LogP contribution in [0, 0.1) is 0 Å². The van der Waals surface area contributed by atoms with E-state index in [2.05, 4.69) is 10.2 Å². The molecule has 0 atom stereocenters. The van der Waals surface area contributed by atoms with Gasteiger partial charge in [-0.1, -0.05) is 12.1 Å². The molecule has 0 saturated carbocycles. The van der Waals surface area contributed by atoms with E-state index >= 15 is 0 Å². The molecule has 4 heteroatoms. The Bertz CT molecular complexity index is 349. The molecule has 0 aliphatic carbocycles. The number of hydrogen-bond donors (Lipinski definition) is 1. The van der Waals surface area contributed by atoms with E-state index in [1.807, 2.05) is 0 Å². The lowest BCUT2D eigenvalue weighted by atomic mass is 10.1. The van der Waals surface area contributed by atoms with Crippen molar-refractivity contribution >= 4 is 5.69 Å². The summed E-state index contributed by atoms with van der Waals surface area (Å²) in [5, 5.41) is 3.32. The standard InChI is InChI=1S/C13H18F2N2/c1-13(14,15)11-3-5-12(6-4-11)17-9-2-7-16-8-10-17/h3-6,16H,2,7-10H2,1H3. The molecule has 0 radical (unpaired) electrons. The first kappa shape index (κ1) is 12.3. The van der Waals surface area contributed by atoms with E-state index in [9.17, 15) is 8.78 Å². The molecule has 1 fully saturated rings. The minimum Gasteiger partial charge on any atom is -0.370 e. The third kappa shape index (κ3) is 3.16. The molecule has 94 valence electrons. The lowest BCUT2D eigenvalue weighted by Crippen LogP contribution is -2.27. The van der Waals surface area contributed by atoms with Crippen LogP contribution in [0.15, 0.2) is 24.3 Å². The molecule has 1 saturated heterocycles. The monoisotopic (exact) mass is 240 g/mol. The van der Waals surface area contributed by atoms with Gasteiger partial charge >= 0.3 is 0 Å². The number of nitrogens with one attached hydrogen (secondary N) is 1. The maximum absolute atomic E-state index is 13.1. The van der Waals surface area contributed by atoms with Gasteiger partial charge in [0.05, 0.1) is 0 Å². The molecule has 0 amide bonds. The number of hydrogen-bond acceptors (Lipinski definition) is 2. The average molecular weight is 240 g/mol. The van der Waals surface area contributed by atoms with Crippen molar-refractivity contribution in [2.75, 3.05) is 31.1 Å². The Morgan fingerprint density at radius 2 is 1.82 bits per heavy atom. The maximum atomic E-state index is 13.1. The van der Waals surface area contributed by atoms with Crippen LogP contribution in [-0.4, -0.2) is 26.2 Å². The van der Waals surface area contributed by atoms with Crippen LogP contribution >= 0.6 is 0 Å². The van der Waals surface area contributed by atoms with Gasteiger partial charge in [-0.05, 0) is 25.1 Å². The van der Waals surface area contributed by atoms with Crippen LogP contribution < -0.4 is 10.2 Å². The molecule has 1 aliphatic heterocycles. The van der Waals surface area contributed by atoms with E-state index in [0.29, 0.717) is 0 Å². The van der Waals surface area contributed by atoms with Crippen molar-refractivity contribution in [3.05, 3.63) is 29.8 Å². The summed E-state index contributed by atoms with van der Waals surface area (Å²) in [6.07, 6.45) is 1.09. The summed E-state index contributed by atoms with van der Waals surface area (Å²) in [4.78, 5) is 2.23. The highest BCUT2D eigenvalue weighted by Gasteiger charge is 2.24. The lowest BCUT2D eigenvalue weighted by molar-refractivity contribution is 0.0175. The fraction of sp³-hybridized carbons (Fsp3) is 0.538. The molecule has 0 bridgehead atoms. The molecule has 1 N–H and O–H groups in total. The van der Waals surface area contributed by atoms with E-state index in [4.69, 9.17) is 0 Å². The van der Waals surface area contributed by atoms with Crippen LogP contribution in [0.1, 0.15) is 18.9 Å². The fourth-order valence-corrected chi connectivity index (χ4v) is 2.07. The van der Waals surface area contributed by atoms with Gasteiger partial charge in [-0.15, -0.1) is 0 Å². The summed E-state index contributed by atoms with van der Waals surface area (Å²) < 4.78 is 26.1. The number of nitrogens with zero attached hydrogens (tertiary/aromatic N) is 1. The number of anilines is 1. The first-order valence-electron chi connectivity index (χ1n) is 6.01. The molecule has 0 unspecified atom stereocenters. The van der Waals surface area contributed by atoms with E-state index in [0.717, 1.165) is 45.2 Å². The predicted molar refractivity (Wildman–Crippen MR) is 65.7 cm³/mol. The van der Waals surface area contributed by atoms with Gasteiger partial charge in [0, 0.05) is 37.8 Å². The summed E-state index contributed by atoms with van der Waals surface area (Å²) in [6, 6.07) is 6.62. The third-order valence-corrected chi connectivity index (χ3v) is 3.08. The Kier molecular flexibility index (Phi) is 3.62. The zero-order chi connectivity index (χ0) is 12.3. The number of halogens is 2. The van der Waals surface area contributed by atoms with Gasteiger partial charge < -0.3 is 10.2 Å². The Morgan fingerprint density at radius 3 is 2.47 bits per heavy atom. The SMILES string of the molecule is CC(F)(F)c1ccc(N2CCCNCC2)cc1. The largest absolute Gasteiger partial charge is 0.370 e.